The normalized spacial score (nSPS) is 17.0. The summed E-state index contributed by atoms with van der Waals surface area (Å²) < 4.78 is 13.1. The van der Waals surface area contributed by atoms with Gasteiger partial charge in [0.1, 0.15) is 5.82 Å². The molecule has 2 aromatic rings. The Balaban J connectivity index is 1.89. The third kappa shape index (κ3) is 3.64. The minimum atomic E-state index is -0.918. The minimum Gasteiger partial charge on any atom is -0.481 e. The van der Waals surface area contributed by atoms with Crippen LogP contribution in [-0.2, 0) is 4.79 Å². The van der Waals surface area contributed by atoms with Gasteiger partial charge < -0.3 is 10.0 Å². The highest BCUT2D eigenvalue weighted by atomic mass is 19.1. The van der Waals surface area contributed by atoms with Crippen molar-refractivity contribution in [3.8, 4) is 0 Å². The maximum Gasteiger partial charge on any atom is 0.308 e. The highest BCUT2D eigenvalue weighted by molar-refractivity contribution is 6.15. The fourth-order valence-corrected chi connectivity index (χ4v) is 3.16. The molecule has 1 saturated heterocycles. The lowest BCUT2D eigenvalue weighted by Gasteiger charge is -2.31. The number of piperidine rings is 1. The van der Waals surface area contributed by atoms with Crippen LogP contribution in [0.15, 0.2) is 48.5 Å². The summed E-state index contributed by atoms with van der Waals surface area (Å²) in [6, 6.07) is 11.6. The monoisotopic (exact) mass is 355 g/mol. The van der Waals surface area contributed by atoms with Gasteiger partial charge in [-0.25, -0.2) is 4.39 Å². The van der Waals surface area contributed by atoms with Crippen molar-refractivity contribution in [3.63, 3.8) is 0 Å². The van der Waals surface area contributed by atoms with E-state index in [-0.39, 0.29) is 34.9 Å². The van der Waals surface area contributed by atoms with Crippen LogP contribution in [0.1, 0.15) is 39.1 Å². The summed E-state index contributed by atoms with van der Waals surface area (Å²) in [5.74, 6) is -2.69. The molecule has 2 aromatic carbocycles. The first-order valence-electron chi connectivity index (χ1n) is 8.38. The molecular weight excluding hydrogens is 337 g/mol. The van der Waals surface area contributed by atoms with Gasteiger partial charge >= 0.3 is 5.97 Å². The number of amides is 1. The Morgan fingerprint density at radius 1 is 1.00 bits per heavy atom. The Hall–Kier alpha value is -3.02. The Labute approximate surface area is 150 Å². The van der Waals surface area contributed by atoms with Crippen LogP contribution in [0.3, 0.4) is 0 Å². The molecule has 0 spiro atoms. The zero-order valence-corrected chi connectivity index (χ0v) is 14.0. The Morgan fingerprint density at radius 3 is 2.31 bits per heavy atom. The Bertz CT molecular complexity index is 847. The van der Waals surface area contributed by atoms with E-state index >= 15 is 0 Å². The van der Waals surface area contributed by atoms with Crippen molar-refractivity contribution in [2.24, 2.45) is 5.92 Å². The van der Waals surface area contributed by atoms with Crippen molar-refractivity contribution in [1.82, 2.24) is 4.90 Å². The number of nitrogens with zero attached hydrogens (tertiary/aromatic N) is 1. The van der Waals surface area contributed by atoms with Crippen molar-refractivity contribution < 1.29 is 23.9 Å². The van der Waals surface area contributed by atoms with Crippen molar-refractivity contribution in [2.45, 2.75) is 12.8 Å². The van der Waals surface area contributed by atoms with Gasteiger partial charge in [0.15, 0.2) is 5.78 Å². The molecule has 1 unspecified atom stereocenters. The van der Waals surface area contributed by atoms with Crippen molar-refractivity contribution in [3.05, 3.63) is 71.0 Å². The lowest BCUT2D eigenvalue weighted by molar-refractivity contribution is -0.143. The number of aliphatic carboxylic acids is 1. The van der Waals surface area contributed by atoms with Gasteiger partial charge in [-0.3, -0.25) is 14.4 Å². The fourth-order valence-electron chi connectivity index (χ4n) is 3.16. The minimum absolute atomic E-state index is 0.132. The number of carboxylic acid groups (broad SMARTS) is 1. The van der Waals surface area contributed by atoms with E-state index in [0.29, 0.717) is 19.4 Å². The summed E-state index contributed by atoms with van der Waals surface area (Å²) in [5.41, 5.74) is 0.739. The average molecular weight is 355 g/mol. The summed E-state index contributed by atoms with van der Waals surface area (Å²) >= 11 is 0. The van der Waals surface area contributed by atoms with Crippen LogP contribution < -0.4 is 0 Å². The number of rotatable bonds is 4. The molecule has 1 amide bonds. The SMILES string of the molecule is O=C(c1ccc(F)cc1)c1ccccc1C(=O)N1CCCC(C(=O)O)C1. The molecule has 1 N–H and O–H groups in total. The summed E-state index contributed by atoms with van der Waals surface area (Å²) in [7, 11) is 0. The van der Waals surface area contributed by atoms with Gasteiger partial charge in [0, 0.05) is 24.2 Å². The van der Waals surface area contributed by atoms with E-state index in [1.165, 1.54) is 29.2 Å². The van der Waals surface area contributed by atoms with E-state index in [1.54, 1.807) is 24.3 Å². The molecule has 1 heterocycles. The third-order valence-electron chi connectivity index (χ3n) is 4.57. The van der Waals surface area contributed by atoms with E-state index in [0.717, 1.165) is 0 Å². The summed E-state index contributed by atoms with van der Waals surface area (Å²) in [6.45, 7) is 0.592. The van der Waals surface area contributed by atoms with Gasteiger partial charge in [0.25, 0.3) is 5.91 Å². The van der Waals surface area contributed by atoms with E-state index in [2.05, 4.69) is 0 Å². The molecular formula is C20H18FNO4. The highest BCUT2D eigenvalue weighted by Crippen LogP contribution is 2.22. The van der Waals surface area contributed by atoms with Gasteiger partial charge in [-0.05, 0) is 43.2 Å². The number of carbonyl (C=O) groups excluding carboxylic acids is 2. The Kier molecular flexibility index (Phi) is 5.11. The molecule has 0 radical (unpaired) electrons. The maximum absolute atomic E-state index is 13.1. The first-order chi connectivity index (χ1) is 12.5. The standard InChI is InChI=1S/C20H18FNO4/c21-15-9-7-13(8-10-15)18(23)16-5-1-2-6-17(16)19(24)22-11-3-4-14(12-22)20(25)26/h1-2,5-10,14H,3-4,11-12H2,(H,25,26). The van der Waals surface area contributed by atoms with Gasteiger partial charge in [0.05, 0.1) is 11.5 Å². The Morgan fingerprint density at radius 2 is 1.65 bits per heavy atom. The van der Waals surface area contributed by atoms with E-state index in [1.807, 2.05) is 0 Å². The second kappa shape index (κ2) is 7.47. The molecule has 134 valence electrons. The smallest absolute Gasteiger partial charge is 0.308 e. The number of benzene rings is 2. The summed E-state index contributed by atoms with van der Waals surface area (Å²) in [6.07, 6.45) is 1.14. The van der Waals surface area contributed by atoms with E-state index in [4.69, 9.17) is 0 Å². The number of ketones is 1. The largest absolute Gasteiger partial charge is 0.481 e. The van der Waals surface area contributed by atoms with Crippen molar-refractivity contribution in [1.29, 1.82) is 0 Å². The lowest BCUT2D eigenvalue weighted by atomic mass is 9.95. The molecule has 0 aliphatic carbocycles. The molecule has 0 saturated carbocycles. The number of likely N-dealkylation sites (tertiary alicyclic amines) is 1. The van der Waals surface area contributed by atoms with E-state index in [9.17, 15) is 23.9 Å². The molecule has 1 fully saturated rings. The van der Waals surface area contributed by atoms with Crippen molar-refractivity contribution >= 4 is 17.7 Å². The predicted octanol–water partition coefficient (Wildman–Crippen LogP) is 2.99. The molecule has 1 atom stereocenters. The molecule has 6 heteroatoms. The molecule has 26 heavy (non-hydrogen) atoms. The van der Waals surface area contributed by atoms with E-state index < -0.39 is 17.7 Å². The first-order valence-corrected chi connectivity index (χ1v) is 8.38. The number of hydrogen-bond acceptors (Lipinski definition) is 3. The van der Waals surface area contributed by atoms with Crippen molar-refractivity contribution in [2.75, 3.05) is 13.1 Å². The lowest BCUT2D eigenvalue weighted by Crippen LogP contribution is -2.42. The summed E-state index contributed by atoms with van der Waals surface area (Å²) in [5, 5.41) is 9.20. The second-order valence-corrected chi connectivity index (χ2v) is 6.31. The topological polar surface area (TPSA) is 74.7 Å². The first kappa shape index (κ1) is 17.8. The number of halogens is 1. The zero-order valence-electron chi connectivity index (χ0n) is 14.0. The van der Waals surface area contributed by atoms with Gasteiger partial charge in [-0.1, -0.05) is 18.2 Å². The van der Waals surface area contributed by atoms with Crippen LogP contribution in [0.25, 0.3) is 0 Å². The zero-order chi connectivity index (χ0) is 18.7. The van der Waals surface area contributed by atoms with Crippen LogP contribution in [0.4, 0.5) is 4.39 Å². The highest BCUT2D eigenvalue weighted by Gasteiger charge is 2.30. The summed E-state index contributed by atoms with van der Waals surface area (Å²) in [4.78, 5) is 38.4. The maximum atomic E-state index is 13.1. The number of carboxylic acids is 1. The van der Waals surface area contributed by atoms with Crippen LogP contribution >= 0.6 is 0 Å². The van der Waals surface area contributed by atoms with Gasteiger partial charge in [-0.2, -0.15) is 0 Å². The quantitative estimate of drug-likeness (QED) is 0.856. The third-order valence-corrected chi connectivity index (χ3v) is 4.57. The van der Waals surface area contributed by atoms with Crippen LogP contribution in [0, 0.1) is 11.7 Å². The van der Waals surface area contributed by atoms with Crippen LogP contribution in [0.2, 0.25) is 0 Å². The molecule has 1 aliphatic heterocycles. The predicted molar refractivity (Wildman–Crippen MR) is 92.5 cm³/mol. The van der Waals surface area contributed by atoms with Crippen LogP contribution in [0.5, 0.6) is 0 Å². The number of hydrogen-bond donors (Lipinski definition) is 1. The molecule has 1 aliphatic rings. The van der Waals surface area contributed by atoms with Gasteiger partial charge in [-0.15, -0.1) is 0 Å². The average Bonchev–Trinajstić information content (AvgIpc) is 2.67. The molecule has 0 aromatic heterocycles. The number of carbonyl (C=O) groups is 3. The fraction of sp³-hybridized carbons (Fsp3) is 0.250. The van der Waals surface area contributed by atoms with Crippen LogP contribution in [-0.4, -0.2) is 40.8 Å². The second-order valence-electron chi connectivity index (χ2n) is 6.31. The van der Waals surface area contributed by atoms with Gasteiger partial charge in [0.2, 0.25) is 0 Å². The molecule has 5 nitrogen and oxygen atoms in total. The molecule has 3 rings (SSSR count). The molecule has 0 bridgehead atoms.